The third-order valence-electron chi connectivity index (χ3n) is 2.70. The molecule has 0 spiro atoms. The number of halogens is 1. The minimum Gasteiger partial charge on any atom is -0.378 e. The van der Waals surface area contributed by atoms with Crippen LogP contribution < -0.4 is 16.6 Å². The maximum Gasteiger partial charge on any atom is 0.287 e. The molecule has 0 saturated heterocycles. The van der Waals surface area contributed by atoms with Gasteiger partial charge in [0.25, 0.3) is 5.56 Å². The zero-order valence-electron chi connectivity index (χ0n) is 9.98. The Labute approximate surface area is 105 Å². The summed E-state index contributed by atoms with van der Waals surface area (Å²) in [5.74, 6) is 0.354. The minimum absolute atomic E-state index is 0.157. The molecule has 1 fully saturated rings. The first kappa shape index (κ1) is 12.4. The van der Waals surface area contributed by atoms with Gasteiger partial charge in [0.1, 0.15) is 5.02 Å². The van der Waals surface area contributed by atoms with Gasteiger partial charge in [-0.25, -0.2) is 4.68 Å². The number of rotatable bonds is 4. The van der Waals surface area contributed by atoms with E-state index in [-0.39, 0.29) is 22.7 Å². The van der Waals surface area contributed by atoms with Crippen molar-refractivity contribution in [2.75, 3.05) is 5.32 Å². The molecule has 6 heteroatoms. The second-order valence-electron chi connectivity index (χ2n) is 4.90. The lowest BCUT2D eigenvalue weighted by Gasteiger charge is -2.11. The number of aromatic nitrogens is 2. The maximum atomic E-state index is 11.9. The third-order valence-corrected chi connectivity index (χ3v) is 3.07. The molecule has 2 unspecified atom stereocenters. The molecule has 1 aromatic heterocycles. The molecule has 3 N–H and O–H groups in total. The van der Waals surface area contributed by atoms with Crippen LogP contribution in [0.1, 0.15) is 20.3 Å². The highest BCUT2D eigenvalue weighted by Gasteiger charge is 2.34. The van der Waals surface area contributed by atoms with E-state index < -0.39 is 0 Å². The molecular formula is C11H17ClN4O. The molecule has 0 bridgehead atoms. The summed E-state index contributed by atoms with van der Waals surface area (Å²) in [4.78, 5) is 11.9. The van der Waals surface area contributed by atoms with E-state index in [0.29, 0.717) is 18.2 Å². The molecule has 2 rings (SSSR count). The van der Waals surface area contributed by atoms with Crippen LogP contribution in [0.2, 0.25) is 5.02 Å². The molecule has 1 aliphatic carbocycles. The van der Waals surface area contributed by atoms with Gasteiger partial charge < -0.3 is 11.1 Å². The summed E-state index contributed by atoms with van der Waals surface area (Å²) in [6.45, 7) is 4.62. The van der Waals surface area contributed by atoms with Crippen LogP contribution in [0.25, 0.3) is 0 Å². The number of anilines is 1. The van der Waals surface area contributed by atoms with Crippen LogP contribution in [-0.2, 0) is 6.54 Å². The highest BCUT2D eigenvalue weighted by atomic mass is 35.5. The van der Waals surface area contributed by atoms with Crippen LogP contribution in [0.4, 0.5) is 5.69 Å². The van der Waals surface area contributed by atoms with Crippen LogP contribution in [0.15, 0.2) is 11.0 Å². The molecular weight excluding hydrogens is 240 g/mol. The first-order chi connectivity index (χ1) is 7.99. The minimum atomic E-state index is -0.250. The van der Waals surface area contributed by atoms with Gasteiger partial charge in [-0.3, -0.25) is 4.79 Å². The lowest BCUT2D eigenvalue weighted by molar-refractivity contribution is 0.464. The molecule has 0 amide bonds. The van der Waals surface area contributed by atoms with Crippen molar-refractivity contribution in [1.82, 2.24) is 9.78 Å². The molecule has 17 heavy (non-hydrogen) atoms. The van der Waals surface area contributed by atoms with E-state index in [0.717, 1.165) is 6.42 Å². The van der Waals surface area contributed by atoms with Gasteiger partial charge in [0.15, 0.2) is 0 Å². The quantitative estimate of drug-likeness (QED) is 0.845. The Morgan fingerprint density at radius 1 is 1.71 bits per heavy atom. The highest BCUT2D eigenvalue weighted by molar-refractivity contribution is 6.32. The Balaban J connectivity index is 2.20. The van der Waals surface area contributed by atoms with Gasteiger partial charge >= 0.3 is 0 Å². The van der Waals surface area contributed by atoms with Crippen LogP contribution in [0, 0.1) is 5.92 Å². The summed E-state index contributed by atoms with van der Waals surface area (Å²) in [6.07, 6.45) is 2.50. The Hall–Kier alpha value is -1.07. The third kappa shape index (κ3) is 2.79. The largest absolute Gasteiger partial charge is 0.378 e. The van der Waals surface area contributed by atoms with E-state index in [2.05, 4.69) is 10.4 Å². The van der Waals surface area contributed by atoms with Crippen LogP contribution in [-0.4, -0.2) is 21.9 Å². The average Bonchev–Trinajstić information content (AvgIpc) is 2.94. The van der Waals surface area contributed by atoms with Gasteiger partial charge in [-0.15, -0.1) is 0 Å². The maximum absolute atomic E-state index is 11.9. The van der Waals surface area contributed by atoms with Crippen LogP contribution in [0.5, 0.6) is 0 Å². The highest BCUT2D eigenvalue weighted by Crippen LogP contribution is 2.26. The summed E-state index contributed by atoms with van der Waals surface area (Å²) >= 11 is 6.02. The van der Waals surface area contributed by atoms with Crippen LogP contribution in [0.3, 0.4) is 0 Å². The predicted molar refractivity (Wildman–Crippen MR) is 68.3 cm³/mol. The molecule has 2 atom stereocenters. The molecule has 0 aliphatic heterocycles. The van der Waals surface area contributed by atoms with Gasteiger partial charge in [-0.1, -0.05) is 25.4 Å². The Kier molecular flexibility index (Phi) is 3.40. The standard InChI is InChI=1S/C11H17ClN4O/c1-6(2)5-16-11(17)10(12)9(4-14-16)15-8-3-7(8)13/h4,6-8,15H,3,5,13H2,1-2H3. The first-order valence-electron chi connectivity index (χ1n) is 5.76. The van der Waals surface area contributed by atoms with Crippen molar-refractivity contribution in [2.45, 2.75) is 38.9 Å². The molecule has 1 aliphatic rings. The Bertz CT molecular complexity index is 471. The van der Waals surface area contributed by atoms with Crippen molar-refractivity contribution in [3.8, 4) is 0 Å². The summed E-state index contributed by atoms with van der Waals surface area (Å²) in [5, 5.41) is 7.42. The second-order valence-corrected chi connectivity index (χ2v) is 5.28. The molecule has 94 valence electrons. The number of nitrogens with zero attached hydrogens (tertiary/aromatic N) is 2. The van der Waals surface area contributed by atoms with Gasteiger partial charge in [-0.2, -0.15) is 5.10 Å². The SMILES string of the molecule is CC(C)Cn1ncc(NC2CC2N)c(Cl)c1=O. The van der Waals surface area contributed by atoms with Crippen LogP contribution >= 0.6 is 11.6 Å². The summed E-state index contributed by atoms with van der Waals surface area (Å²) in [6, 6.07) is 0.374. The molecule has 1 aromatic rings. The number of nitrogens with one attached hydrogen (secondary N) is 1. The van der Waals surface area contributed by atoms with Gasteiger partial charge in [0.05, 0.1) is 11.9 Å². The van der Waals surface area contributed by atoms with Crippen molar-refractivity contribution < 1.29 is 0 Å². The smallest absolute Gasteiger partial charge is 0.287 e. The fourth-order valence-electron chi connectivity index (χ4n) is 1.62. The van der Waals surface area contributed by atoms with Crippen molar-refractivity contribution in [2.24, 2.45) is 11.7 Å². The molecule has 0 radical (unpaired) electrons. The van der Waals surface area contributed by atoms with E-state index >= 15 is 0 Å². The Morgan fingerprint density at radius 2 is 2.35 bits per heavy atom. The van der Waals surface area contributed by atoms with Gasteiger partial charge in [0, 0.05) is 18.6 Å². The topological polar surface area (TPSA) is 72.9 Å². The van der Waals surface area contributed by atoms with E-state index in [1.165, 1.54) is 4.68 Å². The summed E-state index contributed by atoms with van der Waals surface area (Å²) < 4.78 is 1.39. The number of hydrogen-bond donors (Lipinski definition) is 2. The fourth-order valence-corrected chi connectivity index (χ4v) is 1.82. The van der Waals surface area contributed by atoms with E-state index in [9.17, 15) is 4.79 Å². The average molecular weight is 257 g/mol. The van der Waals surface area contributed by atoms with Gasteiger partial charge in [0.2, 0.25) is 0 Å². The number of nitrogens with two attached hydrogens (primary N) is 1. The lowest BCUT2D eigenvalue weighted by atomic mass is 10.2. The monoisotopic (exact) mass is 256 g/mol. The Morgan fingerprint density at radius 3 is 2.88 bits per heavy atom. The van der Waals surface area contributed by atoms with Gasteiger partial charge in [-0.05, 0) is 12.3 Å². The molecule has 1 heterocycles. The summed E-state index contributed by atoms with van der Waals surface area (Å²) in [7, 11) is 0. The van der Waals surface area contributed by atoms with E-state index in [1.54, 1.807) is 6.20 Å². The fraction of sp³-hybridized carbons (Fsp3) is 0.636. The van der Waals surface area contributed by atoms with Crippen molar-refractivity contribution in [3.63, 3.8) is 0 Å². The van der Waals surface area contributed by atoms with Crippen molar-refractivity contribution >= 4 is 17.3 Å². The zero-order valence-corrected chi connectivity index (χ0v) is 10.7. The molecule has 1 saturated carbocycles. The van der Waals surface area contributed by atoms with E-state index in [1.807, 2.05) is 13.8 Å². The first-order valence-corrected chi connectivity index (χ1v) is 6.14. The van der Waals surface area contributed by atoms with E-state index in [4.69, 9.17) is 17.3 Å². The molecule has 5 nitrogen and oxygen atoms in total. The normalized spacial score (nSPS) is 22.9. The number of hydrogen-bond acceptors (Lipinski definition) is 4. The predicted octanol–water partition coefficient (Wildman–Crippen LogP) is 1.06. The zero-order chi connectivity index (χ0) is 12.6. The molecule has 0 aromatic carbocycles. The van der Waals surface area contributed by atoms with Crippen molar-refractivity contribution in [3.05, 3.63) is 21.6 Å². The summed E-state index contributed by atoms with van der Waals surface area (Å²) in [5.41, 5.74) is 6.02. The van der Waals surface area contributed by atoms with Crippen molar-refractivity contribution in [1.29, 1.82) is 0 Å². The lowest BCUT2D eigenvalue weighted by Crippen LogP contribution is -2.27. The second kappa shape index (κ2) is 4.66.